The van der Waals surface area contributed by atoms with Crippen LogP contribution < -0.4 is 0 Å². The molecule has 4 heteroatoms. The number of pyridine rings is 1. The van der Waals surface area contributed by atoms with E-state index in [0.29, 0.717) is 0 Å². The minimum atomic E-state index is 0.843. The Bertz CT molecular complexity index is 478. The summed E-state index contributed by atoms with van der Waals surface area (Å²) < 4.78 is 0. The van der Waals surface area contributed by atoms with Crippen molar-refractivity contribution in [3.05, 3.63) is 24.2 Å². The number of piperidine rings is 1. The highest BCUT2D eigenvalue weighted by Gasteiger charge is 2.16. The van der Waals surface area contributed by atoms with E-state index in [1.54, 1.807) is 6.20 Å². The van der Waals surface area contributed by atoms with Gasteiger partial charge in [0.05, 0.1) is 5.52 Å². The number of hydrogen-bond donors (Lipinski definition) is 1. The number of fused-ring (bicyclic) bond motifs is 1. The molecule has 0 unspecified atom stereocenters. The molecule has 1 saturated heterocycles. The van der Waals surface area contributed by atoms with Crippen molar-refractivity contribution in [2.45, 2.75) is 25.7 Å². The molecular formula is C14H20N4. The number of imidazole rings is 1. The molecule has 0 saturated carbocycles. The molecule has 0 aromatic carbocycles. The average molecular weight is 244 g/mol. The summed E-state index contributed by atoms with van der Waals surface area (Å²) in [6.45, 7) is 2.48. The molecular weight excluding hydrogens is 224 g/mol. The van der Waals surface area contributed by atoms with E-state index in [1.807, 2.05) is 12.1 Å². The lowest BCUT2D eigenvalue weighted by Crippen LogP contribution is -2.30. The lowest BCUT2D eigenvalue weighted by Gasteiger charge is -2.28. The number of likely N-dealkylation sites (tertiary alicyclic amines) is 1. The first-order valence-corrected chi connectivity index (χ1v) is 6.79. The molecule has 3 rings (SSSR count). The lowest BCUT2D eigenvalue weighted by molar-refractivity contribution is 0.212. The largest absolute Gasteiger partial charge is 0.341 e. The van der Waals surface area contributed by atoms with Crippen LogP contribution in [0.2, 0.25) is 0 Å². The maximum atomic E-state index is 4.53. The smallest absolute Gasteiger partial charge is 0.177 e. The number of aromatic amines is 1. The van der Waals surface area contributed by atoms with Gasteiger partial charge in [-0.1, -0.05) is 0 Å². The zero-order valence-corrected chi connectivity index (χ0v) is 10.9. The third-order valence-electron chi connectivity index (χ3n) is 3.93. The Hall–Kier alpha value is -1.42. The maximum Gasteiger partial charge on any atom is 0.177 e. The van der Waals surface area contributed by atoms with Crippen molar-refractivity contribution in [2.24, 2.45) is 5.92 Å². The van der Waals surface area contributed by atoms with Crippen molar-refractivity contribution in [3.8, 4) is 0 Å². The van der Waals surface area contributed by atoms with Crippen LogP contribution in [0, 0.1) is 5.92 Å². The number of nitrogens with one attached hydrogen (secondary N) is 1. The molecule has 18 heavy (non-hydrogen) atoms. The summed E-state index contributed by atoms with van der Waals surface area (Å²) in [5.74, 6) is 1.95. The SMILES string of the molecule is CN1CCC(CCc2nc3ncccc3[nH]2)CC1. The van der Waals surface area contributed by atoms with Gasteiger partial charge in [-0.3, -0.25) is 0 Å². The Kier molecular flexibility index (Phi) is 3.28. The van der Waals surface area contributed by atoms with Crippen molar-refractivity contribution < 1.29 is 0 Å². The molecule has 2 aromatic heterocycles. The zero-order valence-electron chi connectivity index (χ0n) is 10.9. The predicted octanol–water partition coefficient (Wildman–Crippen LogP) is 2.23. The quantitative estimate of drug-likeness (QED) is 0.900. The molecule has 0 aliphatic carbocycles. The molecule has 4 nitrogen and oxygen atoms in total. The van der Waals surface area contributed by atoms with Crippen molar-refractivity contribution in [1.82, 2.24) is 19.9 Å². The van der Waals surface area contributed by atoms with Crippen molar-refractivity contribution >= 4 is 11.2 Å². The van der Waals surface area contributed by atoms with E-state index >= 15 is 0 Å². The van der Waals surface area contributed by atoms with E-state index < -0.39 is 0 Å². The van der Waals surface area contributed by atoms with Crippen LogP contribution >= 0.6 is 0 Å². The van der Waals surface area contributed by atoms with Crippen molar-refractivity contribution in [3.63, 3.8) is 0 Å². The van der Waals surface area contributed by atoms with E-state index in [4.69, 9.17) is 0 Å². The molecule has 0 bridgehead atoms. The highest BCUT2D eigenvalue weighted by atomic mass is 15.1. The summed E-state index contributed by atoms with van der Waals surface area (Å²) in [6, 6.07) is 3.98. The molecule has 0 amide bonds. The molecule has 1 aliphatic rings. The molecule has 0 radical (unpaired) electrons. The number of aryl methyl sites for hydroxylation is 1. The zero-order chi connectivity index (χ0) is 12.4. The van der Waals surface area contributed by atoms with Crippen LogP contribution in [0.25, 0.3) is 11.2 Å². The predicted molar refractivity (Wildman–Crippen MR) is 72.4 cm³/mol. The van der Waals surface area contributed by atoms with Gasteiger partial charge >= 0.3 is 0 Å². The van der Waals surface area contributed by atoms with E-state index in [0.717, 1.165) is 29.3 Å². The van der Waals surface area contributed by atoms with Gasteiger partial charge in [0, 0.05) is 12.6 Å². The second kappa shape index (κ2) is 5.06. The third kappa shape index (κ3) is 2.53. The standard InChI is InChI=1S/C14H20N4/c1-18-9-6-11(7-10-18)4-5-13-16-12-3-2-8-15-14(12)17-13/h2-3,8,11H,4-7,9-10H2,1H3,(H,15,16,17). The van der Waals surface area contributed by atoms with E-state index in [9.17, 15) is 0 Å². The summed E-state index contributed by atoms with van der Waals surface area (Å²) in [5.41, 5.74) is 1.90. The number of aromatic nitrogens is 3. The number of nitrogens with zero attached hydrogens (tertiary/aromatic N) is 3. The number of H-pyrrole nitrogens is 1. The molecule has 1 fully saturated rings. The Labute approximate surface area is 107 Å². The van der Waals surface area contributed by atoms with Gasteiger partial charge in [0.2, 0.25) is 0 Å². The summed E-state index contributed by atoms with van der Waals surface area (Å²) in [5, 5.41) is 0. The number of hydrogen-bond acceptors (Lipinski definition) is 3. The van der Waals surface area contributed by atoms with Crippen LogP contribution in [0.15, 0.2) is 18.3 Å². The average Bonchev–Trinajstić information content (AvgIpc) is 2.81. The highest BCUT2D eigenvalue weighted by Crippen LogP contribution is 2.21. The van der Waals surface area contributed by atoms with Crippen LogP contribution in [0.5, 0.6) is 0 Å². The van der Waals surface area contributed by atoms with E-state index in [-0.39, 0.29) is 0 Å². The first-order chi connectivity index (χ1) is 8.81. The van der Waals surface area contributed by atoms with Crippen LogP contribution in [0.4, 0.5) is 0 Å². The molecule has 1 aliphatic heterocycles. The van der Waals surface area contributed by atoms with Crippen LogP contribution in [-0.2, 0) is 6.42 Å². The van der Waals surface area contributed by atoms with Gasteiger partial charge in [0.25, 0.3) is 0 Å². The van der Waals surface area contributed by atoms with Crippen LogP contribution in [0.3, 0.4) is 0 Å². The van der Waals surface area contributed by atoms with Gasteiger partial charge in [0.1, 0.15) is 5.82 Å². The second-order valence-corrected chi connectivity index (χ2v) is 5.34. The van der Waals surface area contributed by atoms with E-state index in [1.165, 1.54) is 32.4 Å². The lowest BCUT2D eigenvalue weighted by atomic mass is 9.92. The second-order valence-electron chi connectivity index (χ2n) is 5.34. The van der Waals surface area contributed by atoms with Gasteiger partial charge in [-0.2, -0.15) is 0 Å². The van der Waals surface area contributed by atoms with Gasteiger partial charge < -0.3 is 9.88 Å². The fourth-order valence-corrected chi connectivity index (χ4v) is 2.70. The van der Waals surface area contributed by atoms with Gasteiger partial charge in [0.15, 0.2) is 5.65 Å². The molecule has 0 spiro atoms. The summed E-state index contributed by atoms with van der Waals surface area (Å²) in [6.07, 6.45) is 6.74. The number of rotatable bonds is 3. The van der Waals surface area contributed by atoms with Crippen LogP contribution in [0.1, 0.15) is 25.1 Å². The fraction of sp³-hybridized carbons (Fsp3) is 0.571. The fourth-order valence-electron chi connectivity index (χ4n) is 2.70. The molecule has 96 valence electrons. The molecule has 3 heterocycles. The minimum absolute atomic E-state index is 0.843. The van der Waals surface area contributed by atoms with Gasteiger partial charge in [-0.25, -0.2) is 9.97 Å². The molecule has 2 aromatic rings. The molecule has 0 atom stereocenters. The monoisotopic (exact) mass is 244 g/mol. The highest BCUT2D eigenvalue weighted by molar-refractivity contribution is 5.69. The first kappa shape index (κ1) is 11.7. The van der Waals surface area contributed by atoms with Crippen LogP contribution in [-0.4, -0.2) is 40.0 Å². The Morgan fingerprint density at radius 2 is 2.22 bits per heavy atom. The Morgan fingerprint density at radius 1 is 1.39 bits per heavy atom. The Morgan fingerprint density at radius 3 is 3.00 bits per heavy atom. The first-order valence-electron chi connectivity index (χ1n) is 6.79. The van der Waals surface area contributed by atoms with E-state index in [2.05, 4.69) is 26.9 Å². The van der Waals surface area contributed by atoms with Crippen molar-refractivity contribution in [1.29, 1.82) is 0 Å². The summed E-state index contributed by atoms with van der Waals surface area (Å²) >= 11 is 0. The van der Waals surface area contributed by atoms with Gasteiger partial charge in [-0.15, -0.1) is 0 Å². The van der Waals surface area contributed by atoms with Gasteiger partial charge in [-0.05, 0) is 57.5 Å². The Balaban J connectivity index is 1.59. The topological polar surface area (TPSA) is 44.8 Å². The summed E-state index contributed by atoms with van der Waals surface area (Å²) in [4.78, 5) is 14.6. The third-order valence-corrected chi connectivity index (χ3v) is 3.93. The minimum Gasteiger partial charge on any atom is -0.341 e. The molecule has 1 N–H and O–H groups in total. The van der Waals surface area contributed by atoms with Crippen molar-refractivity contribution in [2.75, 3.05) is 20.1 Å². The summed E-state index contributed by atoms with van der Waals surface area (Å²) in [7, 11) is 2.21. The maximum absolute atomic E-state index is 4.53. The normalized spacial score (nSPS) is 18.5.